The molecule has 5 heteroatoms. The smallest absolute Gasteiger partial charge is 0.325 e. The van der Waals surface area contributed by atoms with Crippen LogP contribution in [0.15, 0.2) is 0 Å². The molecular formula is C12H22N2O3. The van der Waals surface area contributed by atoms with E-state index < -0.39 is 6.04 Å². The number of hydrogen-bond donors (Lipinski definition) is 1. The van der Waals surface area contributed by atoms with Crippen LogP contribution in [0.1, 0.15) is 39.5 Å². The molecule has 0 heterocycles. The van der Waals surface area contributed by atoms with Gasteiger partial charge in [-0.25, -0.2) is 0 Å². The van der Waals surface area contributed by atoms with Crippen LogP contribution in [0.5, 0.6) is 0 Å². The molecule has 2 N–H and O–H groups in total. The molecule has 0 aliphatic heterocycles. The molecule has 1 saturated carbocycles. The molecule has 0 aromatic rings. The van der Waals surface area contributed by atoms with E-state index in [0.29, 0.717) is 13.0 Å². The standard InChI is InChI=1S/C12H22N2O3/c1-3-5-10(13)12(16)14(9-6-7-9)8-11(15)17-4-2/h9-10H,3-8,13H2,1-2H3/t10-/m0/s1. The van der Waals surface area contributed by atoms with Crippen molar-refractivity contribution in [1.29, 1.82) is 0 Å². The first-order valence-corrected chi connectivity index (χ1v) is 6.31. The van der Waals surface area contributed by atoms with Crippen LogP contribution in [0.2, 0.25) is 0 Å². The molecule has 1 aliphatic carbocycles. The quantitative estimate of drug-likeness (QED) is 0.666. The van der Waals surface area contributed by atoms with Gasteiger partial charge in [-0.3, -0.25) is 9.59 Å². The van der Waals surface area contributed by atoms with Crippen molar-refractivity contribution in [2.24, 2.45) is 5.73 Å². The van der Waals surface area contributed by atoms with Crippen LogP contribution < -0.4 is 5.73 Å². The fourth-order valence-corrected chi connectivity index (χ4v) is 1.77. The van der Waals surface area contributed by atoms with E-state index in [4.69, 9.17) is 10.5 Å². The Hall–Kier alpha value is -1.10. The Bertz CT molecular complexity index is 277. The van der Waals surface area contributed by atoms with Gasteiger partial charge in [0.25, 0.3) is 0 Å². The minimum absolute atomic E-state index is 0.0365. The minimum atomic E-state index is -0.491. The van der Waals surface area contributed by atoms with E-state index in [2.05, 4.69) is 0 Å². The third-order valence-corrected chi connectivity index (χ3v) is 2.79. The zero-order valence-corrected chi connectivity index (χ0v) is 10.6. The van der Waals surface area contributed by atoms with E-state index in [1.54, 1.807) is 11.8 Å². The van der Waals surface area contributed by atoms with Crippen molar-refractivity contribution in [2.45, 2.75) is 51.6 Å². The van der Waals surface area contributed by atoms with Crippen LogP contribution in [0.25, 0.3) is 0 Å². The molecule has 0 aromatic heterocycles. The predicted molar refractivity (Wildman–Crippen MR) is 64.3 cm³/mol. The monoisotopic (exact) mass is 242 g/mol. The molecule has 1 atom stereocenters. The van der Waals surface area contributed by atoms with Gasteiger partial charge in [-0.05, 0) is 26.2 Å². The Morgan fingerprint density at radius 3 is 2.53 bits per heavy atom. The summed E-state index contributed by atoms with van der Waals surface area (Å²) in [7, 11) is 0. The van der Waals surface area contributed by atoms with Gasteiger partial charge < -0.3 is 15.4 Å². The fourth-order valence-electron chi connectivity index (χ4n) is 1.77. The molecule has 1 fully saturated rings. The lowest BCUT2D eigenvalue weighted by Gasteiger charge is -2.24. The first kappa shape index (κ1) is 14.0. The van der Waals surface area contributed by atoms with Crippen molar-refractivity contribution in [1.82, 2.24) is 4.90 Å². The number of nitrogens with zero attached hydrogens (tertiary/aromatic N) is 1. The second-order valence-corrected chi connectivity index (χ2v) is 4.40. The van der Waals surface area contributed by atoms with Crippen molar-refractivity contribution in [3.8, 4) is 0 Å². The number of amides is 1. The molecule has 0 radical (unpaired) electrons. The highest BCUT2D eigenvalue weighted by molar-refractivity contribution is 5.86. The molecule has 0 bridgehead atoms. The largest absolute Gasteiger partial charge is 0.465 e. The van der Waals surface area contributed by atoms with E-state index in [9.17, 15) is 9.59 Å². The van der Waals surface area contributed by atoms with Crippen molar-refractivity contribution in [3.05, 3.63) is 0 Å². The number of carbonyl (C=O) groups is 2. The van der Waals surface area contributed by atoms with Crippen LogP contribution in [-0.2, 0) is 14.3 Å². The van der Waals surface area contributed by atoms with Gasteiger partial charge in [0.2, 0.25) is 5.91 Å². The summed E-state index contributed by atoms with van der Waals surface area (Å²) >= 11 is 0. The Morgan fingerprint density at radius 1 is 1.41 bits per heavy atom. The summed E-state index contributed by atoms with van der Waals surface area (Å²) < 4.78 is 4.87. The molecular weight excluding hydrogens is 220 g/mol. The van der Waals surface area contributed by atoms with Gasteiger partial charge in [-0.2, -0.15) is 0 Å². The molecule has 0 spiro atoms. The lowest BCUT2D eigenvalue weighted by Crippen LogP contribution is -2.47. The normalized spacial score (nSPS) is 16.4. The molecule has 1 aliphatic rings. The van der Waals surface area contributed by atoms with Crippen molar-refractivity contribution in [2.75, 3.05) is 13.2 Å². The maximum Gasteiger partial charge on any atom is 0.325 e. The Labute approximate surface area is 102 Å². The zero-order valence-electron chi connectivity index (χ0n) is 10.6. The summed E-state index contributed by atoms with van der Waals surface area (Å²) in [6, 6.07) is -0.301. The van der Waals surface area contributed by atoms with E-state index in [1.165, 1.54) is 0 Å². The van der Waals surface area contributed by atoms with Crippen molar-refractivity contribution in [3.63, 3.8) is 0 Å². The van der Waals surface area contributed by atoms with Crippen LogP contribution >= 0.6 is 0 Å². The lowest BCUT2D eigenvalue weighted by atomic mass is 10.1. The van der Waals surface area contributed by atoms with Gasteiger partial charge in [-0.15, -0.1) is 0 Å². The van der Waals surface area contributed by atoms with Gasteiger partial charge in [0.05, 0.1) is 12.6 Å². The first-order valence-electron chi connectivity index (χ1n) is 6.31. The van der Waals surface area contributed by atoms with Gasteiger partial charge in [-0.1, -0.05) is 13.3 Å². The summed E-state index contributed by atoms with van der Waals surface area (Å²) in [6.45, 7) is 4.12. The molecule has 98 valence electrons. The second kappa shape index (κ2) is 6.59. The highest BCUT2D eigenvalue weighted by Gasteiger charge is 2.35. The van der Waals surface area contributed by atoms with E-state index in [0.717, 1.165) is 19.3 Å². The number of esters is 1. The first-order chi connectivity index (χ1) is 8.10. The number of carbonyl (C=O) groups excluding carboxylic acids is 2. The maximum atomic E-state index is 12.0. The number of nitrogens with two attached hydrogens (primary N) is 1. The van der Waals surface area contributed by atoms with E-state index in [-0.39, 0.29) is 24.5 Å². The third-order valence-electron chi connectivity index (χ3n) is 2.79. The summed E-state index contributed by atoms with van der Waals surface area (Å²) in [5, 5.41) is 0. The second-order valence-electron chi connectivity index (χ2n) is 4.40. The molecule has 1 rings (SSSR count). The Kier molecular flexibility index (Phi) is 5.41. The number of hydrogen-bond acceptors (Lipinski definition) is 4. The topological polar surface area (TPSA) is 72.6 Å². The van der Waals surface area contributed by atoms with Crippen LogP contribution in [0.4, 0.5) is 0 Å². The van der Waals surface area contributed by atoms with Crippen LogP contribution in [-0.4, -0.2) is 42.0 Å². The highest BCUT2D eigenvalue weighted by atomic mass is 16.5. The fraction of sp³-hybridized carbons (Fsp3) is 0.833. The van der Waals surface area contributed by atoms with E-state index >= 15 is 0 Å². The van der Waals surface area contributed by atoms with Gasteiger partial charge in [0.15, 0.2) is 0 Å². The predicted octanol–water partition coefficient (Wildman–Crippen LogP) is 0.668. The molecule has 5 nitrogen and oxygen atoms in total. The molecule has 0 aromatic carbocycles. The van der Waals surface area contributed by atoms with Crippen LogP contribution in [0.3, 0.4) is 0 Å². The minimum Gasteiger partial charge on any atom is -0.465 e. The molecule has 1 amide bonds. The summed E-state index contributed by atoms with van der Waals surface area (Å²) in [5.41, 5.74) is 5.80. The van der Waals surface area contributed by atoms with E-state index in [1.807, 2.05) is 6.92 Å². The summed E-state index contributed by atoms with van der Waals surface area (Å²) in [4.78, 5) is 25.0. The van der Waals surface area contributed by atoms with Crippen LogP contribution in [0, 0.1) is 0 Å². The molecule has 0 unspecified atom stereocenters. The lowest BCUT2D eigenvalue weighted by molar-refractivity contribution is -0.149. The average Bonchev–Trinajstić information content (AvgIpc) is 3.09. The molecule has 0 saturated heterocycles. The Morgan fingerprint density at radius 2 is 2.06 bits per heavy atom. The summed E-state index contributed by atoms with van der Waals surface area (Å²) in [5.74, 6) is -0.473. The highest BCUT2D eigenvalue weighted by Crippen LogP contribution is 2.27. The third kappa shape index (κ3) is 4.34. The number of ether oxygens (including phenoxy) is 1. The van der Waals surface area contributed by atoms with Gasteiger partial charge in [0, 0.05) is 6.04 Å². The summed E-state index contributed by atoms with van der Waals surface area (Å²) in [6.07, 6.45) is 3.45. The van der Waals surface area contributed by atoms with Crippen molar-refractivity contribution < 1.29 is 14.3 Å². The molecule has 17 heavy (non-hydrogen) atoms. The van der Waals surface area contributed by atoms with Gasteiger partial charge in [0.1, 0.15) is 6.54 Å². The number of rotatable bonds is 7. The Balaban J connectivity index is 2.53. The average molecular weight is 242 g/mol. The SMILES string of the molecule is CCC[C@H](N)C(=O)N(CC(=O)OCC)C1CC1. The van der Waals surface area contributed by atoms with Gasteiger partial charge >= 0.3 is 5.97 Å². The maximum absolute atomic E-state index is 12.0. The zero-order chi connectivity index (χ0) is 12.8. The van der Waals surface area contributed by atoms with Crippen molar-refractivity contribution >= 4 is 11.9 Å².